The molecule has 0 aliphatic carbocycles. The summed E-state index contributed by atoms with van der Waals surface area (Å²) in [5.74, 6) is 2.08. The Labute approximate surface area is 246 Å². The van der Waals surface area contributed by atoms with Crippen molar-refractivity contribution in [1.29, 1.82) is 0 Å². The molecule has 2 aromatic carbocycles. The van der Waals surface area contributed by atoms with E-state index in [4.69, 9.17) is 33.5 Å². The molecule has 1 N–H and O–H groups in total. The summed E-state index contributed by atoms with van der Waals surface area (Å²) in [6.45, 7) is 6.67. The number of pyridine rings is 1. The van der Waals surface area contributed by atoms with E-state index in [1.54, 1.807) is 7.11 Å². The zero-order chi connectivity index (χ0) is 27.8. The highest BCUT2D eigenvalue weighted by Gasteiger charge is 2.42. The Morgan fingerprint density at radius 3 is 2.45 bits per heavy atom. The van der Waals surface area contributed by atoms with Gasteiger partial charge in [-0.1, -0.05) is 43.6 Å². The summed E-state index contributed by atoms with van der Waals surface area (Å²) in [4.78, 5) is 9.31. The molecule has 0 unspecified atom stereocenters. The summed E-state index contributed by atoms with van der Waals surface area (Å²) >= 11 is 13.0. The van der Waals surface area contributed by atoms with Crippen molar-refractivity contribution in [2.24, 2.45) is 11.8 Å². The molecule has 0 spiro atoms. The van der Waals surface area contributed by atoms with Gasteiger partial charge in [-0.25, -0.2) is 0 Å². The minimum Gasteiger partial charge on any atom is -0.495 e. The minimum atomic E-state index is -0.181. The number of halogens is 1. The highest BCUT2D eigenvalue weighted by Crippen LogP contribution is 2.44. The maximum absolute atomic E-state index is 7.01. The first kappa shape index (κ1) is 26.7. The Balaban J connectivity index is 1.44. The van der Waals surface area contributed by atoms with Gasteiger partial charge in [0, 0.05) is 36.9 Å². The number of nitrogens with one attached hydrogen (secondary N) is 1. The predicted molar refractivity (Wildman–Crippen MR) is 167 cm³/mol. The van der Waals surface area contributed by atoms with Crippen LogP contribution in [0.15, 0.2) is 85.2 Å². The average molecular weight is 572 g/mol. The van der Waals surface area contributed by atoms with E-state index in [0.29, 0.717) is 16.9 Å². The van der Waals surface area contributed by atoms with Crippen molar-refractivity contribution in [1.82, 2.24) is 14.9 Å². The van der Waals surface area contributed by atoms with Gasteiger partial charge in [-0.05, 0) is 85.1 Å². The monoisotopic (exact) mass is 571 g/mol. The maximum atomic E-state index is 7.01. The van der Waals surface area contributed by atoms with Crippen LogP contribution in [0.3, 0.4) is 0 Å². The van der Waals surface area contributed by atoms with E-state index in [1.165, 1.54) is 6.42 Å². The zero-order valence-electron chi connectivity index (χ0n) is 23.0. The number of rotatable bonds is 6. The summed E-state index contributed by atoms with van der Waals surface area (Å²) in [5, 5.41) is 4.94. The SMILES string of the molecule is COc1ccccc1-n1cccc1[C@@H]1[C@@H](c2ccccn2)NC(=S)N1c1ccc(N2C[C@H](C)C[C@H](C)C2)c(Cl)c1. The Hall–Kier alpha value is -3.55. The fourth-order valence-electron chi connectivity index (χ4n) is 6.38. The Kier molecular flexibility index (Phi) is 7.43. The highest BCUT2D eigenvalue weighted by atomic mass is 35.5. The van der Waals surface area contributed by atoms with E-state index >= 15 is 0 Å². The molecule has 2 saturated heterocycles. The van der Waals surface area contributed by atoms with Crippen LogP contribution in [0, 0.1) is 11.8 Å². The lowest BCUT2D eigenvalue weighted by Crippen LogP contribution is -2.38. The van der Waals surface area contributed by atoms with Crippen molar-refractivity contribution < 1.29 is 4.74 Å². The number of nitrogens with zero attached hydrogens (tertiary/aromatic N) is 4. The van der Waals surface area contributed by atoms with Gasteiger partial charge in [-0.3, -0.25) is 4.98 Å². The molecule has 206 valence electrons. The van der Waals surface area contributed by atoms with E-state index in [9.17, 15) is 0 Å². The smallest absolute Gasteiger partial charge is 0.174 e. The lowest BCUT2D eigenvalue weighted by Gasteiger charge is -2.37. The number of aromatic nitrogens is 2. The Bertz CT molecular complexity index is 1500. The summed E-state index contributed by atoms with van der Waals surface area (Å²) in [7, 11) is 1.70. The molecule has 6 nitrogen and oxygen atoms in total. The predicted octanol–water partition coefficient (Wildman–Crippen LogP) is 7.19. The number of benzene rings is 2. The van der Waals surface area contributed by atoms with Gasteiger partial charge < -0.3 is 24.4 Å². The largest absolute Gasteiger partial charge is 0.495 e. The second-order valence-corrected chi connectivity index (χ2v) is 11.8. The van der Waals surface area contributed by atoms with Crippen LogP contribution < -0.4 is 19.9 Å². The van der Waals surface area contributed by atoms with Crippen molar-refractivity contribution in [3.8, 4) is 11.4 Å². The molecule has 2 aromatic heterocycles. The molecule has 8 heteroatoms. The van der Waals surface area contributed by atoms with E-state index < -0.39 is 0 Å². The van der Waals surface area contributed by atoms with Crippen LogP contribution in [0.1, 0.15) is 43.7 Å². The van der Waals surface area contributed by atoms with Crippen molar-refractivity contribution in [2.75, 3.05) is 30.0 Å². The molecule has 2 aliphatic heterocycles. The molecule has 0 saturated carbocycles. The number of ether oxygens (including phenoxy) is 1. The third kappa shape index (κ3) is 4.93. The third-order valence-electron chi connectivity index (χ3n) is 7.95. The molecule has 2 fully saturated rings. The maximum Gasteiger partial charge on any atom is 0.174 e. The topological polar surface area (TPSA) is 45.6 Å². The summed E-state index contributed by atoms with van der Waals surface area (Å²) < 4.78 is 7.90. The number of hydrogen-bond donors (Lipinski definition) is 1. The van der Waals surface area contributed by atoms with Crippen molar-refractivity contribution in [3.05, 3.63) is 102 Å². The summed E-state index contributed by atoms with van der Waals surface area (Å²) in [6.07, 6.45) is 5.14. The zero-order valence-corrected chi connectivity index (χ0v) is 24.6. The molecule has 0 radical (unpaired) electrons. The standard InChI is InChI=1S/C32H34ClN5OS/c1-21-17-22(2)20-36(19-21)26-14-13-23(18-24(26)33)38-31(30(35-32(38)40)25-9-6-7-15-34-25)28-11-8-16-37(28)27-10-4-5-12-29(27)39-3/h4-16,18,21-22,30-31H,17,19-20H2,1-3H3,(H,35,40)/t21-,22+,30-,31-/m1/s1. The van der Waals surface area contributed by atoms with Gasteiger partial charge in [-0.2, -0.15) is 0 Å². The van der Waals surface area contributed by atoms with Gasteiger partial charge in [0.05, 0.1) is 35.2 Å². The molecule has 4 atom stereocenters. The molecule has 4 aromatic rings. The highest BCUT2D eigenvalue weighted by molar-refractivity contribution is 7.80. The van der Waals surface area contributed by atoms with Gasteiger partial charge in [0.2, 0.25) is 0 Å². The van der Waals surface area contributed by atoms with Crippen molar-refractivity contribution in [3.63, 3.8) is 0 Å². The molecule has 4 heterocycles. The van der Waals surface area contributed by atoms with Crippen LogP contribution in [0.4, 0.5) is 11.4 Å². The first-order valence-electron chi connectivity index (χ1n) is 13.8. The van der Waals surface area contributed by atoms with Gasteiger partial charge in [0.1, 0.15) is 11.8 Å². The van der Waals surface area contributed by atoms with Gasteiger partial charge in [-0.15, -0.1) is 0 Å². The average Bonchev–Trinajstić information content (AvgIpc) is 3.57. The van der Waals surface area contributed by atoms with Gasteiger partial charge >= 0.3 is 0 Å². The molecule has 0 amide bonds. The number of anilines is 2. The summed E-state index contributed by atoms with van der Waals surface area (Å²) in [5.41, 5.74) is 4.97. The summed E-state index contributed by atoms with van der Waals surface area (Å²) in [6, 6.07) is 24.2. The lowest BCUT2D eigenvalue weighted by molar-refractivity contribution is 0.357. The first-order valence-corrected chi connectivity index (χ1v) is 14.6. The number of piperidine rings is 1. The Morgan fingerprint density at radius 2 is 1.73 bits per heavy atom. The van der Waals surface area contributed by atoms with Crippen LogP contribution in [0.2, 0.25) is 5.02 Å². The van der Waals surface area contributed by atoms with E-state index in [1.807, 2.05) is 42.6 Å². The van der Waals surface area contributed by atoms with Crippen LogP contribution in [-0.2, 0) is 0 Å². The molecular formula is C32H34ClN5OS. The van der Waals surface area contributed by atoms with Crippen LogP contribution >= 0.6 is 23.8 Å². The van der Waals surface area contributed by atoms with Gasteiger partial charge in [0.15, 0.2) is 5.11 Å². The molecular weight excluding hydrogens is 538 g/mol. The van der Waals surface area contributed by atoms with E-state index in [2.05, 4.69) is 76.1 Å². The normalized spacial score (nSPS) is 22.9. The second-order valence-electron chi connectivity index (χ2n) is 11.0. The molecule has 6 rings (SSSR count). The lowest BCUT2D eigenvalue weighted by atomic mass is 9.91. The fourth-order valence-corrected chi connectivity index (χ4v) is 7.02. The molecule has 2 aliphatic rings. The minimum absolute atomic E-state index is 0.167. The van der Waals surface area contributed by atoms with Gasteiger partial charge in [0.25, 0.3) is 0 Å². The van der Waals surface area contributed by atoms with Crippen molar-refractivity contribution >= 4 is 40.3 Å². The number of para-hydroxylation sites is 2. The second kappa shape index (κ2) is 11.1. The van der Waals surface area contributed by atoms with Crippen LogP contribution in [0.25, 0.3) is 5.69 Å². The molecule has 0 bridgehead atoms. The van der Waals surface area contributed by atoms with E-state index in [0.717, 1.165) is 52.3 Å². The van der Waals surface area contributed by atoms with Crippen molar-refractivity contribution in [2.45, 2.75) is 32.4 Å². The van der Waals surface area contributed by atoms with Crippen LogP contribution in [-0.4, -0.2) is 34.9 Å². The van der Waals surface area contributed by atoms with Crippen LogP contribution in [0.5, 0.6) is 5.75 Å². The molecule has 40 heavy (non-hydrogen) atoms. The third-order valence-corrected chi connectivity index (χ3v) is 8.56. The number of thiocarbonyl (C=S) groups is 1. The Morgan fingerprint density at radius 1 is 0.950 bits per heavy atom. The quantitative estimate of drug-likeness (QED) is 0.247. The first-order chi connectivity index (χ1) is 19.4. The number of hydrogen-bond acceptors (Lipinski definition) is 4. The van der Waals surface area contributed by atoms with E-state index in [-0.39, 0.29) is 12.1 Å². The number of methoxy groups -OCH3 is 1. The fraction of sp³-hybridized carbons (Fsp3) is 0.312.